The van der Waals surface area contributed by atoms with Crippen LogP contribution in [0.5, 0.6) is 0 Å². The molecule has 0 fully saturated rings. The van der Waals surface area contributed by atoms with E-state index in [1.54, 1.807) is 13.8 Å². The summed E-state index contributed by atoms with van der Waals surface area (Å²) in [5.74, 6) is -0.421. The van der Waals surface area contributed by atoms with Gasteiger partial charge >= 0.3 is 20.4 Å². The zero-order valence-electron chi connectivity index (χ0n) is 34.2. The summed E-state index contributed by atoms with van der Waals surface area (Å²) in [6, 6.07) is 5.95. The molecule has 56 heavy (non-hydrogen) atoms. The van der Waals surface area contributed by atoms with Crippen molar-refractivity contribution in [3.8, 4) is 0 Å². The van der Waals surface area contributed by atoms with Gasteiger partial charge in [-0.1, -0.05) is 57.0 Å². The molecule has 0 radical (unpaired) electrons. The van der Waals surface area contributed by atoms with Gasteiger partial charge in [-0.05, 0) is 66.6 Å². The number of aromatic nitrogens is 4. The van der Waals surface area contributed by atoms with Crippen molar-refractivity contribution in [1.29, 1.82) is 0 Å². The Bertz CT molecular complexity index is 2070. The number of nitrogens with one attached hydrogen (secondary N) is 2. The van der Waals surface area contributed by atoms with Crippen LogP contribution in [0, 0.1) is 13.8 Å². The van der Waals surface area contributed by atoms with E-state index in [1.165, 1.54) is 0 Å². The quantitative estimate of drug-likeness (QED) is 0.104. The first-order valence-corrected chi connectivity index (χ1v) is 19.2. The SMILES string of the molecule is CCc1c2nc(cc3[n-]c(cc4nc(cc5[n-]c1c(C(=O)NCCN(C)C)c5C)C(CC)[C@H]4C)c(C(C)=O)c3C)[C@@H](C)[C@@H]2CCC(=O)NCC(C)O.O=CO.[Pd+2]. The maximum Gasteiger partial charge on any atom is 2.00 e. The molecular weight excluding hydrogens is 805 g/mol. The summed E-state index contributed by atoms with van der Waals surface area (Å²) in [5, 5.41) is 22.6. The van der Waals surface area contributed by atoms with E-state index in [0.29, 0.717) is 59.1 Å². The van der Waals surface area contributed by atoms with Crippen LogP contribution in [0.25, 0.3) is 22.1 Å². The zero-order valence-corrected chi connectivity index (χ0v) is 35.8. The van der Waals surface area contributed by atoms with E-state index in [-0.39, 0.29) is 81.1 Å². The van der Waals surface area contributed by atoms with Crippen molar-refractivity contribution >= 4 is 46.1 Å². The van der Waals surface area contributed by atoms with E-state index in [2.05, 4.69) is 38.3 Å². The molecule has 0 spiro atoms. The van der Waals surface area contributed by atoms with Crippen LogP contribution in [0.1, 0.15) is 145 Å². The van der Waals surface area contributed by atoms with Crippen molar-refractivity contribution in [3.05, 3.63) is 68.8 Å². The molecule has 2 unspecified atom stereocenters. The first kappa shape index (κ1) is 46.2. The van der Waals surface area contributed by atoms with Crippen LogP contribution >= 0.6 is 0 Å². The van der Waals surface area contributed by atoms with Crippen LogP contribution in [0.3, 0.4) is 0 Å². The van der Waals surface area contributed by atoms with Crippen molar-refractivity contribution in [2.45, 2.75) is 111 Å². The maximum atomic E-state index is 14.1. The van der Waals surface area contributed by atoms with Crippen LogP contribution in [0.4, 0.5) is 0 Å². The molecule has 2 aliphatic heterocycles. The number of nitrogens with zero attached hydrogens (tertiary/aromatic N) is 5. The van der Waals surface area contributed by atoms with Crippen LogP contribution in [-0.4, -0.2) is 89.0 Å². The van der Waals surface area contributed by atoms with Gasteiger partial charge in [-0.3, -0.25) is 29.1 Å². The summed E-state index contributed by atoms with van der Waals surface area (Å²) in [7, 11) is 3.94. The number of aryl methyl sites for hydroxylation is 3. The van der Waals surface area contributed by atoms with Crippen molar-refractivity contribution in [2.24, 2.45) is 0 Å². The molecule has 2 aliphatic rings. The molecule has 3 aromatic rings. The minimum Gasteiger partial charge on any atom is -0.657 e. The molecular formula is C42H57N7O6Pd. The molecule has 8 bridgehead atoms. The van der Waals surface area contributed by atoms with Crippen molar-refractivity contribution in [3.63, 3.8) is 0 Å². The number of hydrogen-bond donors (Lipinski definition) is 4. The minimum atomic E-state index is -0.644. The van der Waals surface area contributed by atoms with E-state index < -0.39 is 6.10 Å². The van der Waals surface area contributed by atoms with Crippen LogP contribution in [0.2, 0.25) is 0 Å². The number of aliphatic hydroxyl groups excluding tert-OH is 1. The number of fused-ring (bicyclic) bond motifs is 8. The third-order valence-corrected chi connectivity index (χ3v) is 10.8. The molecule has 13 nitrogen and oxygen atoms in total. The second-order valence-corrected chi connectivity index (χ2v) is 15.0. The number of hydrogen-bond acceptors (Lipinski definition) is 8. The van der Waals surface area contributed by atoms with Crippen LogP contribution < -0.4 is 20.6 Å². The van der Waals surface area contributed by atoms with Gasteiger partial charge in [-0.15, -0.1) is 22.1 Å². The summed E-state index contributed by atoms with van der Waals surface area (Å²) >= 11 is 0. The van der Waals surface area contributed by atoms with Crippen LogP contribution in [0.15, 0.2) is 18.2 Å². The Labute approximate surface area is 343 Å². The Morgan fingerprint density at radius 2 is 1.48 bits per heavy atom. The molecule has 5 rings (SSSR count). The minimum absolute atomic E-state index is 0. The van der Waals surface area contributed by atoms with Gasteiger partial charge in [-0.2, -0.15) is 0 Å². The number of carbonyl (C=O) groups excluding carboxylic acids is 3. The monoisotopic (exact) mass is 861 g/mol. The molecule has 14 heteroatoms. The fraction of sp³-hybridized carbons (Fsp3) is 0.524. The van der Waals surface area contributed by atoms with E-state index in [0.717, 1.165) is 45.9 Å². The van der Waals surface area contributed by atoms with E-state index >= 15 is 0 Å². The topological polar surface area (TPSA) is 190 Å². The molecule has 0 aliphatic carbocycles. The first-order valence-electron chi connectivity index (χ1n) is 19.2. The number of carbonyl (C=O) groups is 4. The molecule has 306 valence electrons. The van der Waals surface area contributed by atoms with Gasteiger partial charge in [0, 0.05) is 83.6 Å². The van der Waals surface area contributed by atoms with E-state index in [1.807, 2.05) is 51.0 Å². The first-order chi connectivity index (χ1) is 26.1. The fourth-order valence-electron chi connectivity index (χ4n) is 7.76. The summed E-state index contributed by atoms with van der Waals surface area (Å²) in [4.78, 5) is 71.1. The number of carboxylic acid groups (broad SMARTS) is 1. The summed E-state index contributed by atoms with van der Waals surface area (Å²) < 4.78 is 0. The van der Waals surface area contributed by atoms with Gasteiger partial charge < -0.3 is 35.7 Å². The zero-order chi connectivity index (χ0) is 40.7. The normalized spacial score (nSPS) is 18.0. The molecule has 3 aromatic heterocycles. The van der Waals surface area contributed by atoms with Crippen molar-refractivity contribution in [2.75, 3.05) is 33.7 Å². The van der Waals surface area contributed by atoms with Crippen LogP contribution in [-0.2, 0) is 36.4 Å². The predicted molar refractivity (Wildman–Crippen MR) is 214 cm³/mol. The second kappa shape index (κ2) is 20.3. The van der Waals surface area contributed by atoms with E-state index in [4.69, 9.17) is 29.8 Å². The van der Waals surface area contributed by atoms with Gasteiger partial charge in [0.25, 0.3) is 6.47 Å². The third kappa shape index (κ3) is 10.2. The second-order valence-electron chi connectivity index (χ2n) is 15.0. The smallest absolute Gasteiger partial charge is 0.657 e. The largest absolute Gasteiger partial charge is 2.00 e. The molecule has 5 atom stereocenters. The molecule has 4 N–H and O–H groups in total. The van der Waals surface area contributed by atoms with E-state index in [9.17, 15) is 19.5 Å². The van der Waals surface area contributed by atoms with Crippen molar-refractivity contribution in [1.82, 2.24) is 35.5 Å². The number of ketones is 1. The number of Topliss-reactive ketones (excluding diaryl/α,β-unsaturated/α-hetero) is 1. The third-order valence-electron chi connectivity index (χ3n) is 10.8. The van der Waals surface area contributed by atoms with Gasteiger partial charge in [-0.25, -0.2) is 0 Å². The molecule has 0 saturated heterocycles. The number of rotatable bonds is 12. The van der Waals surface area contributed by atoms with Gasteiger partial charge in [0.05, 0.1) is 6.10 Å². The molecule has 0 aromatic carbocycles. The molecule has 0 saturated carbocycles. The fourth-order valence-corrected chi connectivity index (χ4v) is 7.76. The molecule has 2 amide bonds. The number of aliphatic hydroxyl groups is 1. The maximum absolute atomic E-state index is 14.1. The van der Waals surface area contributed by atoms with Gasteiger partial charge in [0.1, 0.15) is 0 Å². The summed E-state index contributed by atoms with van der Waals surface area (Å²) in [5.41, 5.74) is 9.50. The summed E-state index contributed by atoms with van der Waals surface area (Å²) in [6.45, 7) is 16.7. The van der Waals surface area contributed by atoms with Crippen molar-refractivity contribution < 1.29 is 49.8 Å². The Balaban J connectivity index is 0.00000204. The Morgan fingerprint density at radius 1 is 0.911 bits per heavy atom. The average Bonchev–Trinajstić information content (AvgIpc) is 3.80. The number of amides is 2. The predicted octanol–water partition coefficient (Wildman–Crippen LogP) is 5.41. The number of likely N-dealkylation sites (N-methyl/N-ethyl adjacent to an activating group) is 1. The Morgan fingerprint density at radius 3 is 2.07 bits per heavy atom. The Hall–Kier alpha value is -4.22. The standard InChI is InChI=1S/C41H57N7O4.CH2O2.Pd/c1-11-27-22(4)30-19-35-37(26(8)50)24(6)32(45-35)17-31-23(5)29(13-14-36(51)43-20-21(3)49)39(46-31)28(12-2)40-38(41(52)42-15-16-48(9)10)25(7)33(47-40)18-34(27)44-30;2-1-3;/h17-19,21-23,27,29,49H,11-16,20H2,1-10H3,(H4,42,43,44,45,46,47,50,51,52);1H,(H,2,3);/q;;+2/p-2/t21?,22-,23+,27?,29+;;/m1../s1. The summed E-state index contributed by atoms with van der Waals surface area (Å²) in [6.07, 6.45) is 1.52. The molecule has 5 heterocycles. The Kier molecular flexibility index (Phi) is 16.7. The average molecular weight is 862 g/mol. The van der Waals surface area contributed by atoms with Gasteiger partial charge in [0.2, 0.25) is 11.8 Å². The van der Waals surface area contributed by atoms with Gasteiger partial charge in [0.15, 0.2) is 5.78 Å².